The van der Waals surface area contributed by atoms with Gasteiger partial charge in [0.05, 0.1) is 37.2 Å². The lowest BCUT2D eigenvalue weighted by Gasteiger charge is -2.26. The number of carbonyl (C=O) groups excluding carboxylic acids is 3. The highest BCUT2D eigenvalue weighted by Gasteiger charge is 2.50. The first-order valence-electron chi connectivity index (χ1n) is 12.7. The van der Waals surface area contributed by atoms with Crippen LogP contribution < -0.4 is 4.90 Å². The third-order valence-corrected chi connectivity index (χ3v) is 9.86. The van der Waals surface area contributed by atoms with Crippen LogP contribution in [0.15, 0.2) is 28.6 Å². The number of likely N-dealkylation sites (tertiary alicyclic amines) is 1. The maximum atomic E-state index is 13.5. The zero-order chi connectivity index (χ0) is 26.7. The quantitative estimate of drug-likeness (QED) is 0.364. The molecule has 1 aromatic carbocycles. The molecule has 1 atom stereocenters. The SMILES string of the molecule is COC(=O)N1CCC2(C1)CN(C(=O)Cc1ncc(SCCCC(=O)N3CCOCC3)s1)c1ccc(Cl)cc12. The number of morpholine rings is 1. The smallest absolute Gasteiger partial charge is 0.409 e. The number of thioether (sulfide) groups is 1. The van der Waals surface area contributed by atoms with Crippen molar-refractivity contribution in [2.45, 2.75) is 35.3 Å². The van der Waals surface area contributed by atoms with Crippen molar-refractivity contribution in [3.63, 3.8) is 0 Å². The van der Waals surface area contributed by atoms with Gasteiger partial charge in [-0.1, -0.05) is 11.6 Å². The normalized spacial score (nSPS) is 20.7. The first kappa shape index (κ1) is 27.2. The van der Waals surface area contributed by atoms with Crippen LogP contribution in [0.4, 0.5) is 10.5 Å². The summed E-state index contributed by atoms with van der Waals surface area (Å²) in [6.45, 7) is 4.15. The van der Waals surface area contributed by atoms with Gasteiger partial charge in [0.15, 0.2) is 0 Å². The van der Waals surface area contributed by atoms with Crippen molar-refractivity contribution in [3.05, 3.63) is 40.0 Å². The monoisotopic (exact) mass is 578 g/mol. The molecule has 3 aliphatic rings. The molecule has 0 radical (unpaired) electrons. The van der Waals surface area contributed by atoms with E-state index in [1.165, 1.54) is 18.4 Å². The van der Waals surface area contributed by atoms with E-state index in [2.05, 4.69) is 4.98 Å². The molecule has 1 unspecified atom stereocenters. The Morgan fingerprint density at radius 2 is 1.97 bits per heavy atom. The van der Waals surface area contributed by atoms with Gasteiger partial charge in [0.25, 0.3) is 0 Å². The van der Waals surface area contributed by atoms with Crippen molar-refractivity contribution in [1.82, 2.24) is 14.8 Å². The molecule has 2 saturated heterocycles. The molecule has 0 N–H and O–H groups in total. The predicted molar refractivity (Wildman–Crippen MR) is 147 cm³/mol. The van der Waals surface area contributed by atoms with Gasteiger partial charge in [-0.05, 0) is 42.4 Å². The second kappa shape index (κ2) is 11.8. The molecule has 0 saturated carbocycles. The van der Waals surface area contributed by atoms with Gasteiger partial charge in [0.2, 0.25) is 11.8 Å². The molecule has 204 valence electrons. The van der Waals surface area contributed by atoms with Crippen molar-refractivity contribution in [2.24, 2.45) is 0 Å². The average molecular weight is 579 g/mol. The summed E-state index contributed by atoms with van der Waals surface area (Å²) in [5.74, 6) is 0.987. The molecule has 9 nitrogen and oxygen atoms in total. The third kappa shape index (κ3) is 5.80. The summed E-state index contributed by atoms with van der Waals surface area (Å²) in [5, 5.41) is 1.38. The van der Waals surface area contributed by atoms with Gasteiger partial charge in [0.1, 0.15) is 5.01 Å². The highest BCUT2D eigenvalue weighted by atomic mass is 35.5. The van der Waals surface area contributed by atoms with Gasteiger partial charge in [-0.3, -0.25) is 9.59 Å². The standard InChI is InChI=1S/C26H31ClN4O5S2/c1-35-25(34)30-7-6-26(16-30)17-31(20-5-4-18(27)13-19(20)26)23(33)14-21-28-15-24(38-21)37-12-2-3-22(32)29-8-10-36-11-9-29/h4-5,13,15H,2-3,6-12,14,16-17H2,1H3. The lowest BCUT2D eigenvalue weighted by molar-refractivity contribution is -0.135. The lowest BCUT2D eigenvalue weighted by Crippen LogP contribution is -2.40. The van der Waals surface area contributed by atoms with Crippen LogP contribution in [0.1, 0.15) is 29.8 Å². The summed E-state index contributed by atoms with van der Waals surface area (Å²) in [6, 6.07) is 5.62. The number of methoxy groups -OCH3 is 1. The second-order valence-corrected chi connectivity index (χ2v) is 12.7. The van der Waals surface area contributed by atoms with Crippen LogP contribution in [0.5, 0.6) is 0 Å². The lowest BCUT2D eigenvalue weighted by atomic mass is 9.81. The van der Waals surface area contributed by atoms with E-state index in [0.717, 1.165) is 39.1 Å². The zero-order valence-corrected chi connectivity index (χ0v) is 23.7. The Morgan fingerprint density at radius 1 is 1.16 bits per heavy atom. The number of rotatable bonds is 7. The van der Waals surface area contributed by atoms with E-state index in [9.17, 15) is 14.4 Å². The van der Waals surface area contributed by atoms with E-state index in [0.29, 0.717) is 57.4 Å². The van der Waals surface area contributed by atoms with Crippen LogP contribution >= 0.6 is 34.7 Å². The number of nitrogens with zero attached hydrogens (tertiary/aromatic N) is 4. The van der Waals surface area contributed by atoms with E-state index in [4.69, 9.17) is 21.1 Å². The number of benzene rings is 1. The fourth-order valence-corrected chi connectivity index (χ4v) is 7.61. The Bertz CT molecular complexity index is 1200. The van der Waals surface area contributed by atoms with Crippen LogP contribution in [-0.4, -0.2) is 91.5 Å². The molecule has 12 heteroatoms. The topological polar surface area (TPSA) is 92.3 Å². The number of halogens is 1. The van der Waals surface area contributed by atoms with Crippen LogP contribution in [0.3, 0.4) is 0 Å². The fraction of sp³-hybridized carbons (Fsp3) is 0.538. The summed E-state index contributed by atoms with van der Waals surface area (Å²) in [6.07, 6.45) is 3.74. The zero-order valence-electron chi connectivity index (χ0n) is 21.3. The Morgan fingerprint density at radius 3 is 2.76 bits per heavy atom. The first-order chi connectivity index (χ1) is 18.4. The molecular weight excluding hydrogens is 548 g/mol. The number of ether oxygens (including phenoxy) is 2. The third-order valence-electron chi connectivity index (χ3n) is 7.35. The van der Waals surface area contributed by atoms with E-state index in [-0.39, 0.29) is 29.7 Å². The Labute approximate surface area is 235 Å². The second-order valence-electron chi connectivity index (χ2n) is 9.76. The van der Waals surface area contributed by atoms with Crippen molar-refractivity contribution in [2.75, 3.05) is 63.7 Å². The van der Waals surface area contributed by atoms with E-state index >= 15 is 0 Å². The van der Waals surface area contributed by atoms with E-state index in [1.54, 1.807) is 22.7 Å². The number of hydrogen-bond donors (Lipinski definition) is 0. The van der Waals surface area contributed by atoms with Gasteiger partial charge in [-0.25, -0.2) is 9.78 Å². The first-order valence-corrected chi connectivity index (χ1v) is 14.9. The number of aromatic nitrogens is 1. The van der Waals surface area contributed by atoms with E-state index < -0.39 is 0 Å². The van der Waals surface area contributed by atoms with Gasteiger partial charge >= 0.3 is 6.09 Å². The Kier molecular flexibility index (Phi) is 8.47. The van der Waals surface area contributed by atoms with Gasteiger partial charge in [-0.2, -0.15) is 0 Å². The summed E-state index contributed by atoms with van der Waals surface area (Å²) in [4.78, 5) is 47.8. The highest BCUT2D eigenvalue weighted by molar-refractivity contribution is 8.01. The Hall–Kier alpha value is -2.34. The molecule has 2 fully saturated rings. The van der Waals surface area contributed by atoms with Crippen LogP contribution in [0.25, 0.3) is 0 Å². The summed E-state index contributed by atoms with van der Waals surface area (Å²) in [5.41, 5.74) is 1.50. The average Bonchev–Trinajstić information content (AvgIpc) is 3.65. The summed E-state index contributed by atoms with van der Waals surface area (Å²) >= 11 is 9.53. The number of carbonyl (C=O) groups is 3. The van der Waals surface area contributed by atoms with Crippen molar-refractivity contribution >= 4 is 58.3 Å². The van der Waals surface area contributed by atoms with Gasteiger partial charge < -0.3 is 24.2 Å². The molecule has 2 aromatic rings. The molecule has 1 spiro atoms. The van der Waals surface area contributed by atoms with E-state index in [1.807, 2.05) is 28.1 Å². The number of fused-ring (bicyclic) bond motifs is 2. The summed E-state index contributed by atoms with van der Waals surface area (Å²) in [7, 11) is 1.38. The van der Waals surface area contributed by atoms with Gasteiger partial charge in [0, 0.05) is 55.3 Å². The predicted octanol–water partition coefficient (Wildman–Crippen LogP) is 3.83. The maximum absolute atomic E-state index is 13.5. The minimum absolute atomic E-state index is 0.0241. The number of thiazole rings is 1. The largest absolute Gasteiger partial charge is 0.453 e. The Balaban J connectivity index is 1.17. The molecule has 4 heterocycles. The van der Waals surface area contributed by atoms with Gasteiger partial charge in [-0.15, -0.1) is 23.1 Å². The minimum atomic E-state index is -0.355. The molecule has 0 aliphatic carbocycles. The molecule has 1 aromatic heterocycles. The van der Waals surface area contributed by atoms with Crippen molar-refractivity contribution < 1.29 is 23.9 Å². The molecule has 0 bridgehead atoms. The number of amides is 3. The summed E-state index contributed by atoms with van der Waals surface area (Å²) < 4.78 is 11.3. The fourth-order valence-electron chi connectivity index (χ4n) is 5.40. The molecular formula is C26H31ClN4O5S2. The van der Waals surface area contributed by atoms with Crippen molar-refractivity contribution in [1.29, 1.82) is 0 Å². The van der Waals surface area contributed by atoms with Crippen molar-refractivity contribution in [3.8, 4) is 0 Å². The number of anilines is 1. The minimum Gasteiger partial charge on any atom is -0.453 e. The molecule has 3 aliphatic heterocycles. The van der Waals surface area contributed by atoms with Crippen LogP contribution in [0, 0.1) is 0 Å². The maximum Gasteiger partial charge on any atom is 0.409 e. The molecule has 3 amide bonds. The van der Waals surface area contributed by atoms with Crippen LogP contribution in [-0.2, 0) is 30.9 Å². The van der Waals surface area contributed by atoms with Crippen LogP contribution in [0.2, 0.25) is 5.02 Å². The number of hydrogen-bond acceptors (Lipinski definition) is 8. The molecule has 38 heavy (non-hydrogen) atoms. The molecule has 5 rings (SSSR count). The highest BCUT2D eigenvalue weighted by Crippen LogP contribution is 2.47.